The van der Waals surface area contributed by atoms with E-state index >= 15 is 0 Å². The maximum Gasteiger partial charge on any atom is 0.222 e. The summed E-state index contributed by atoms with van der Waals surface area (Å²) in [7, 11) is 0. The molecule has 2 heterocycles. The number of amides is 1. The molecule has 1 amide bonds. The summed E-state index contributed by atoms with van der Waals surface area (Å²) in [4.78, 5) is 11.9. The molecule has 0 saturated carbocycles. The SMILES string of the molecule is CCn1ncc(Br)c1CNC(=O)CCn1ncc(I)c1C. The van der Waals surface area contributed by atoms with E-state index in [2.05, 4.69) is 54.0 Å². The van der Waals surface area contributed by atoms with Crippen LogP contribution in [-0.2, 0) is 24.4 Å². The fraction of sp³-hybridized carbons (Fsp3) is 0.462. The summed E-state index contributed by atoms with van der Waals surface area (Å²) >= 11 is 5.68. The zero-order valence-corrected chi connectivity index (χ0v) is 15.7. The van der Waals surface area contributed by atoms with Gasteiger partial charge in [-0.3, -0.25) is 14.2 Å². The minimum Gasteiger partial charge on any atom is -0.350 e. The third kappa shape index (κ3) is 4.06. The fourth-order valence-electron chi connectivity index (χ4n) is 1.96. The molecular weight excluding hydrogens is 449 g/mol. The average Bonchev–Trinajstić information content (AvgIpc) is 2.98. The van der Waals surface area contributed by atoms with Crippen LogP contribution in [0.4, 0.5) is 0 Å². The highest BCUT2D eigenvalue weighted by atomic mass is 127. The molecule has 0 spiro atoms. The van der Waals surface area contributed by atoms with Crippen molar-refractivity contribution in [3.63, 3.8) is 0 Å². The first-order chi connectivity index (χ1) is 10.0. The van der Waals surface area contributed by atoms with E-state index in [1.54, 1.807) is 6.20 Å². The first kappa shape index (κ1) is 16.5. The highest BCUT2D eigenvalue weighted by Crippen LogP contribution is 2.15. The van der Waals surface area contributed by atoms with Gasteiger partial charge in [-0.05, 0) is 52.4 Å². The lowest BCUT2D eigenvalue weighted by Gasteiger charge is -2.08. The molecule has 0 aliphatic carbocycles. The van der Waals surface area contributed by atoms with E-state index in [0.29, 0.717) is 19.5 Å². The minimum atomic E-state index is 0.00987. The highest BCUT2D eigenvalue weighted by molar-refractivity contribution is 14.1. The van der Waals surface area contributed by atoms with E-state index in [1.165, 1.54) is 0 Å². The molecule has 2 rings (SSSR count). The Bertz CT molecular complexity index is 637. The van der Waals surface area contributed by atoms with Crippen molar-refractivity contribution in [2.24, 2.45) is 0 Å². The predicted molar refractivity (Wildman–Crippen MR) is 91.7 cm³/mol. The number of carbonyl (C=O) groups is 1. The Balaban J connectivity index is 1.85. The van der Waals surface area contributed by atoms with Crippen LogP contribution in [0.2, 0.25) is 0 Å². The molecule has 0 saturated heterocycles. The van der Waals surface area contributed by atoms with Crippen molar-refractivity contribution in [1.29, 1.82) is 0 Å². The number of halogens is 2. The number of hydrogen-bond acceptors (Lipinski definition) is 3. The normalized spacial score (nSPS) is 10.9. The molecule has 2 aromatic rings. The van der Waals surface area contributed by atoms with Gasteiger partial charge in [0.1, 0.15) is 0 Å². The lowest BCUT2D eigenvalue weighted by Crippen LogP contribution is -2.25. The lowest BCUT2D eigenvalue weighted by molar-refractivity contribution is -0.121. The Kier molecular flexibility index (Phi) is 5.80. The van der Waals surface area contributed by atoms with Gasteiger partial charge in [0, 0.05) is 25.2 Å². The zero-order chi connectivity index (χ0) is 15.4. The van der Waals surface area contributed by atoms with Crippen LogP contribution in [-0.4, -0.2) is 25.5 Å². The summed E-state index contributed by atoms with van der Waals surface area (Å²) in [6, 6.07) is 0. The lowest BCUT2D eigenvalue weighted by atomic mass is 10.3. The molecule has 0 bridgehead atoms. The number of aryl methyl sites for hydroxylation is 2. The molecule has 21 heavy (non-hydrogen) atoms. The number of aromatic nitrogens is 4. The summed E-state index contributed by atoms with van der Waals surface area (Å²) in [5, 5.41) is 11.4. The highest BCUT2D eigenvalue weighted by Gasteiger charge is 2.10. The zero-order valence-electron chi connectivity index (χ0n) is 11.9. The maximum absolute atomic E-state index is 11.9. The quantitative estimate of drug-likeness (QED) is 0.666. The van der Waals surface area contributed by atoms with E-state index in [9.17, 15) is 4.79 Å². The smallest absolute Gasteiger partial charge is 0.222 e. The standard InChI is InChI=1S/C13H17BrIN5O/c1-3-19-12(10(14)6-17-19)8-16-13(21)4-5-20-9(2)11(15)7-18-20/h6-7H,3-5,8H2,1-2H3,(H,16,21). The van der Waals surface area contributed by atoms with Crippen LogP contribution in [0, 0.1) is 10.5 Å². The van der Waals surface area contributed by atoms with E-state index < -0.39 is 0 Å². The second-order valence-electron chi connectivity index (χ2n) is 4.58. The van der Waals surface area contributed by atoms with Gasteiger partial charge in [-0.15, -0.1) is 0 Å². The van der Waals surface area contributed by atoms with Crippen molar-refractivity contribution in [3.8, 4) is 0 Å². The van der Waals surface area contributed by atoms with Crippen LogP contribution in [0.3, 0.4) is 0 Å². The number of hydrogen-bond donors (Lipinski definition) is 1. The Labute approximate surface area is 145 Å². The summed E-state index contributed by atoms with van der Waals surface area (Å²) < 4.78 is 5.75. The maximum atomic E-state index is 11.9. The molecule has 0 radical (unpaired) electrons. The molecule has 6 nitrogen and oxygen atoms in total. The number of rotatable bonds is 6. The largest absolute Gasteiger partial charge is 0.350 e. The van der Waals surface area contributed by atoms with E-state index in [0.717, 1.165) is 26.0 Å². The van der Waals surface area contributed by atoms with Gasteiger partial charge in [-0.25, -0.2) is 0 Å². The van der Waals surface area contributed by atoms with Crippen molar-refractivity contribution in [2.75, 3.05) is 0 Å². The molecule has 0 aliphatic rings. The van der Waals surface area contributed by atoms with Gasteiger partial charge >= 0.3 is 0 Å². The molecule has 0 aromatic carbocycles. The molecule has 0 aliphatic heterocycles. The molecule has 0 atom stereocenters. The molecule has 8 heteroatoms. The molecule has 1 N–H and O–H groups in total. The van der Waals surface area contributed by atoms with Crippen molar-refractivity contribution in [2.45, 2.75) is 39.9 Å². The van der Waals surface area contributed by atoms with Gasteiger partial charge in [0.2, 0.25) is 5.91 Å². The van der Waals surface area contributed by atoms with Crippen LogP contribution in [0.25, 0.3) is 0 Å². The second-order valence-corrected chi connectivity index (χ2v) is 6.60. The van der Waals surface area contributed by atoms with Crippen molar-refractivity contribution < 1.29 is 4.79 Å². The number of carbonyl (C=O) groups excluding carboxylic acids is 1. The average molecular weight is 466 g/mol. The first-order valence-corrected chi connectivity index (χ1v) is 8.55. The van der Waals surface area contributed by atoms with Crippen LogP contribution < -0.4 is 5.32 Å². The van der Waals surface area contributed by atoms with Gasteiger partial charge < -0.3 is 5.32 Å². The van der Waals surface area contributed by atoms with Crippen LogP contribution in [0.15, 0.2) is 16.9 Å². The third-order valence-corrected chi connectivity index (χ3v) is 4.97. The Hall–Kier alpha value is -0.900. The van der Waals surface area contributed by atoms with Crippen LogP contribution >= 0.6 is 38.5 Å². The predicted octanol–water partition coefficient (Wildman–Crippen LogP) is 2.48. The molecule has 2 aromatic heterocycles. The Morgan fingerprint density at radius 3 is 2.71 bits per heavy atom. The van der Waals surface area contributed by atoms with Gasteiger partial charge in [-0.1, -0.05) is 0 Å². The Morgan fingerprint density at radius 2 is 2.10 bits per heavy atom. The van der Waals surface area contributed by atoms with Crippen molar-refractivity contribution in [1.82, 2.24) is 24.9 Å². The van der Waals surface area contributed by atoms with Gasteiger partial charge in [0.05, 0.1) is 32.7 Å². The summed E-state index contributed by atoms with van der Waals surface area (Å²) in [5.74, 6) is 0.00987. The summed E-state index contributed by atoms with van der Waals surface area (Å²) in [6.45, 7) is 5.87. The third-order valence-electron chi connectivity index (χ3n) is 3.24. The fourth-order valence-corrected chi connectivity index (χ4v) is 2.80. The van der Waals surface area contributed by atoms with Crippen molar-refractivity contribution in [3.05, 3.63) is 31.8 Å². The minimum absolute atomic E-state index is 0.00987. The summed E-state index contributed by atoms with van der Waals surface area (Å²) in [6.07, 6.45) is 3.97. The number of nitrogens with one attached hydrogen (secondary N) is 1. The van der Waals surface area contributed by atoms with Crippen molar-refractivity contribution >= 4 is 44.4 Å². The number of nitrogens with zero attached hydrogens (tertiary/aromatic N) is 4. The first-order valence-electron chi connectivity index (χ1n) is 6.67. The van der Waals surface area contributed by atoms with Gasteiger partial charge in [0.15, 0.2) is 0 Å². The van der Waals surface area contributed by atoms with Crippen LogP contribution in [0.1, 0.15) is 24.7 Å². The second kappa shape index (κ2) is 7.39. The van der Waals surface area contributed by atoms with Gasteiger partial charge in [0.25, 0.3) is 0 Å². The van der Waals surface area contributed by atoms with Gasteiger partial charge in [-0.2, -0.15) is 10.2 Å². The monoisotopic (exact) mass is 465 g/mol. The summed E-state index contributed by atoms with van der Waals surface area (Å²) in [5.41, 5.74) is 2.07. The molecule has 114 valence electrons. The molecule has 0 unspecified atom stereocenters. The van der Waals surface area contributed by atoms with E-state index in [-0.39, 0.29) is 5.91 Å². The molecule has 0 fully saturated rings. The molecular formula is C13H17BrIN5O. The van der Waals surface area contributed by atoms with E-state index in [1.807, 2.05) is 29.4 Å². The van der Waals surface area contributed by atoms with Crippen LogP contribution in [0.5, 0.6) is 0 Å². The topological polar surface area (TPSA) is 64.7 Å². The van der Waals surface area contributed by atoms with E-state index in [4.69, 9.17) is 0 Å². The Morgan fingerprint density at radius 1 is 1.38 bits per heavy atom.